The summed E-state index contributed by atoms with van der Waals surface area (Å²) in [6.07, 6.45) is 4.43. The highest BCUT2D eigenvalue weighted by atomic mass is 32.1. The first-order valence-electron chi connectivity index (χ1n) is 10.3. The molecule has 5 nitrogen and oxygen atoms in total. The molecule has 156 valence electrons. The maximum Gasteiger partial charge on any atom is 0.240 e. The van der Waals surface area contributed by atoms with E-state index in [-0.39, 0.29) is 24.3 Å². The van der Waals surface area contributed by atoms with Crippen molar-refractivity contribution in [2.24, 2.45) is 5.92 Å². The number of halogens is 1. The molecule has 3 aromatic rings. The van der Waals surface area contributed by atoms with Crippen LogP contribution in [0.25, 0.3) is 11.4 Å². The van der Waals surface area contributed by atoms with Crippen molar-refractivity contribution in [3.63, 3.8) is 0 Å². The molecule has 1 aliphatic rings. The van der Waals surface area contributed by atoms with Gasteiger partial charge in [-0.25, -0.2) is 4.39 Å². The van der Waals surface area contributed by atoms with E-state index in [2.05, 4.69) is 15.5 Å². The smallest absolute Gasteiger partial charge is 0.240 e. The first-order chi connectivity index (χ1) is 14.5. The Hall–Kier alpha value is -2.80. The quantitative estimate of drug-likeness (QED) is 0.541. The fraction of sp³-hybridized carbons (Fsp3) is 0.348. The van der Waals surface area contributed by atoms with Crippen molar-refractivity contribution in [2.45, 2.75) is 45.2 Å². The lowest BCUT2D eigenvalue weighted by Crippen LogP contribution is -2.35. The van der Waals surface area contributed by atoms with Crippen molar-refractivity contribution in [3.05, 3.63) is 70.2 Å². The summed E-state index contributed by atoms with van der Waals surface area (Å²) in [7, 11) is 0. The van der Waals surface area contributed by atoms with Crippen molar-refractivity contribution in [1.29, 1.82) is 0 Å². The zero-order chi connectivity index (χ0) is 21.1. The van der Waals surface area contributed by atoms with E-state index in [0.717, 1.165) is 42.4 Å². The van der Waals surface area contributed by atoms with Gasteiger partial charge in [0.05, 0.1) is 6.04 Å². The number of carbonyl (C=O) groups is 1. The molecule has 1 unspecified atom stereocenters. The van der Waals surface area contributed by atoms with Crippen molar-refractivity contribution in [3.8, 4) is 11.4 Å². The molecule has 0 bridgehead atoms. The molecule has 0 radical (unpaired) electrons. The molecule has 0 saturated heterocycles. The molecule has 7 heteroatoms. The highest BCUT2D eigenvalue weighted by Gasteiger charge is 2.28. The average molecular weight is 425 g/mol. The van der Waals surface area contributed by atoms with Gasteiger partial charge >= 0.3 is 0 Å². The number of aryl methyl sites for hydroxylation is 1. The van der Waals surface area contributed by atoms with E-state index in [1.165, 1.54) is 12.1 Å². The summed E-state index contributed by atoms with van der Waals surface area (Å²) in [5, 5.41) is 10.3. The van der Waals surface area contributed by atoms with E-state index >= 15 is 0 Å². The number of H-pyrrole nitrogens is 1. The molecule has 1 saturated carbocycles. The number of aromatic amines is 1. The number of hydrogen-bond acceptors (Lipinski definition) is 3. The van der Waals surface area contributed by atoms with Gasteiger partial charge in [-0.05, 0) is 61.7 Å². The second-order valence-electron chi connectivity index (χ2n) is 7.95. The van der Waals surface area contributed by atoms with E-state index in [9.17, 15) is 9.18 Å². The molecular formula is C23H25FN4OS. The molecule has 1 fully saturated rings. The Balaban J connectivity index is 1.56. The lowest BCUT2D eigenvalue weighted by atomic mass is 9.91. The monoisotopic (exact) mass is 424 g/mol. The number of nitrogens with zero attached hydrogens (tertiary/aromatic N) is 2. The third-order valence-corrected chi connectivity index (χ3v) is 6.06. The van der Waals surface area contributed by atoms with Crippen LogP contribution in [0, 0.1) is 23.4 Å². The van der Waals surface area contributed by atoms with E-state index in [4.69, 9.17) is 12.2 Å². The van der Waals surface area contributed by atoms with Crippen LogP contribution in [0.5, 0.6) is 0 Å². The van der Waals surface area contributed by atoms with Gasteiger partial charge in [-0.1, -0.05) is 48.7 Å². The fourth-order valence-corrected chi connectivity index (χ4v) is 4.46. The van der Waals surface area contributed by atoms with Gasteiger partial charge in [0.15, 0.2) is 10.6 Å². The first-order valence-corrected chi connectivity index (χ1v) is 10.7. The topological polar surface area (TPSA) is 62.7 Å². The molecule has 1 heterocycles. The van der Waals surface area contributed by atoms with Crippen LogP contribution in [0.1, 0.15) is 42.9 Å². The summed E-state index contributed by atoms with van der Waals surface area (Å²) in [4.78, 5) is 13.0. The zero-order valence-electron chi connectivity index (χ0n) is 16.9. The second-order valence-corrected chi connectivity index (χ2v) is 8.34. The molecule has 1 aliphatic carbocycles. The minimum absolute atomic E-state index is 0.0724. The lowest BCUT2D eigenvalue weighted by Gasteiger charge is -2.25. The predicted molar refractivity (Wildman–Crippen MR) is 117 cm³/mol. The summed E-state index contributed by atoms with van der Waals surface area (Å²) in [6.45, 7) is 2.08. The normalized spacial score (nSPS) is 15.3. The van der Waals surface area contributed by atoms with Crippen LogP contribution >= 0.6 is 12.2 Å². The summed E-state index contributed by atoms with van der Waals surface area (Å²) in [5.74, 6) is 0.580. The Bertz CT molecular complexity index is 1080. The maximum absolute atomic E-state index is 13.4. The molecule has 1 atom stereocenters. The molecule has 4 rings (SSSR count). The molecule has 2 aromatic carbocycles. The van der Waals surface area contributed by atoms with E-state index in [0.29, 0.717) is 16.5 Å². The molecule has 1 aromatic heterocycles. The highest BCUT2D eigenvalue weighted by molar-refractivity contribution is 7.71. The van der Waals surface area contributed by atoms with Gasteiger partial charge in [0.25, 0.3) is 0 Å². The Morgan fingerprint density at radius 1 is 1.27 bits per heavy atom. The standard InChI is InChI=1S/C23H25FN4OS/c1-15-5-4-8-18(13-15)22-26-27-23(30)28(22)14-20(29)25-21(16-6-2-3-7-16)17-9-11-19(24)12-10-17/h4-5,8-13,16,21H,2-3,6-7,14H2,1H3,(H,25,29)(H,27,30). The second kappa shape index (κ2) is 8.92. The van der Waals surface area contributed by atoms with E-state index < -0.39 is 0 Å². The van der Waals surface area contributed by atoms with Gasteiger partial charge in [-0.15, -0.1) is 0 Å². The van der Waals surface area contributed by atoms with Gasteiger partial charge in [-0.3, -0.25) is 14.5 Å². The average Bonchev–Trinajstić information content (AvgIpc) is 3.38. The Morgan fingerprint density at radius 3 is 2.70 bits per heavy atom. The van der Waals surface area contributed by atoms with Crippen LogP contribution in [0.3, 0.4) is 0 Å². The summed E-state index contributed by atoms with van der Waals surface area (Å²) in [5.41, 5.74) is 2.95. The van der Waals surface area contributed by atoms with Crippen molar-refractivity contribution >= 4 is 18.1 Å². The summed E-state index contributed by atoms with van der Waals surface area (Å²) in [6, 6.07) is 14.2. The fourth-order valence-electron chi connectivity index (χ4n) is 4.27. The summed E-state index contributed by atoms with van der Waals surface area (Å²) >= 11 is 5.38. The highest BCUT2D eigenvalue weighted by Crippen LogP contribution is 2.35. The van der Waals surface area contributed by atoms with Gasteiger partial charge in [0.1, 0.15) is 12.4 Å². The number of amides is 1. The van der Waals surface area contributed by atoms with E-state index in [1.54, 1.807) is 16.7 Å². The third kappa shape index (κ3) is 4.51. The minimum atomic E-state index is -0.275. The van der Waals surface area contributed by atoms with Crippen LogP contribution in [0.4, 0.5) is 4.39 Å². The van der Waals surface area contributed by atoms with Crippen molar-refractivity contribution < 1.29 is 9.18 Å². The van der Waals surface area contributed by atoms with Gasteiger partial charge in [-0.2, -0.15) is 5.10 Å². The number of aromatic nitrogens is 3. The van der Waals surface area contributed by atoms with Crippen molar-refractivity contribution in [1.82, 2.24) is 20.1 Å². The Labute approximate surface area is 180 Å². The van der Waals surface area contributed by atoms with E-state index in [1.807, 2.05) is 31.2 Å². The number of carbonyl (C=O) groups excluding carboxylic acids is 1. The molecule has 30 heavy (non-hydrogen) atoms. The number of benzene rings is 2. The van der Waals surface area contributed by atoms with Gasteiger partial charge < -0.3 is 5.32 Å². The van der Waals surface area contributed by atoms with Crippen LogP contribution in [-0.4, -0.2) is 20.7 Å². The first kappa shape index (κ1) is 20.5. The van der Waals surface area contributed by atoms with Gasteiger partial charge in [0, 0.05) is 5.56 Å². The Kier molecular flexibility index (Phi) is 6.08. The zero-order valence-corrected chi connectivity index (χ0v) is 17.7. The molecule has 0 aliphatic heterocycles. The number of hydrogen-bond donors (Lipinski definition) is 2. The maximum atomic E-state index is 13.4. The minimum Gasteiger partial charge on any atom is -0.347 e. The molecular weight excluding hydrogens is 399 g/mol. The predicted octanol–water partition coefficient (Wildman–Crippen LogP) is 5.10. The van der Waals surface area contributed by atoms with Gasteiger partial charge in [0.2, 0.25) is 5.91 Å². The van der Waals surface area contributed by atoms with Crippen LogP contribution in [-0.2, 0) is 11.3 Å². The van der Waals surface area contributed by atoms with Crippen LogP contribution in [0.15, 0.2) is 48.5 Å². The Morgan fingerprint density at radius 2 is 2.00 bits per heavy atom. The third-order valence-electron chi connectivity index (χ3n) is 5.75. The SMILES string of the molecule is Cc1cccc(-c2n[nH]c(=S)n2CC(=O)NC(c2ccc(F)cc2)C2CCCC2)c1. The number of nitrogens with one attached hydrogen (secondary N) is 2. The lowest BCUT2D eigenvalue weighted by molar-refractivity contribution is -0.122. The molecule has 1 amide bonds. The number of rotatable bonds is 6. The largest absolute Gasteiger partial charge is 0.347 e. The summed E-state index contributed by atoms with van der Waals surface area (Å²) < 4.78 is 15.5. The van der Waals surface area contributed by atoms with Crippen molar-refractivity contribution in [2.75, 3.05) is 0 Å². The van der Waals surface area contributed by atoms with Crippen LogP contribution in [0.2, 0.25) is 0 Å². The van der Waals surface area contributed by atoms with Crippen LogP contribution < -0.4 is 5.32 Å². The molecule has 2 N–H and O–H groups in total. The molecule has 0 spiro atoms.